The van der Waals surface area contributed by atoms with Gasteiger partial charge in [0.1, 0.15) is 0 Å². The third-order valence-corrected chi connectivity index (χ3v) is 1.67. The van der Waals surface area contributed by atoms with Gasteiger partial charge >= 0.3 is 0 Å². The van der Waals surface area contributed by atoms with E-state index in [9.17, 15) is 0 Å². The maximum Gasteiger partial charge on any atom is -0.0305 e. The fourth-order valence-corrected chi connectivity index (χ4v) is 1.09. The van der Waals surface area contributed by atoms with E-state index in [1.807, 2.05) is 6.92 Å². The predicted molar refractivity (Wildman–Crippen MR) is 52.6 cm³/mol. The van der Waals surface area contributed by atoms with Crippen LogP contribution in [-0.2, 0) is 0 Å². The molecular formula is C11H18. The van der Waals surface area contributed by atoms with Crippen molar-refractivity contribution < 1.29 is 0 Å². The van der Waals surface area contributed by atoms with Crippen LogP contribution in [0.3, 0.4) is 0 Å². The molecule has 0 heteroatoms. The summed E-state index contributed by atoms with van der Waals surface area (Å²) in [5, 5.41) is 0. The zero-order valence-corrected chi connectivity index (χ0v) is 8.02. The lowest BCUT2D eigenvalue weighted by molar-refractivity contribution is 1.12. The van der Waals surface area contributed by atoms with Crippen molar-refractivity contribution in [1.29, 1.82) is 0 Å². The van der Waals surface area contributed by atoms with Gasteiger partial charge in [-0.3, -0.25) is 0 Å². The molecule has 0 atom stereocenters. The number of hydrogen-bond acceptors (Lipinski definition) is 0. The van der Waals surface area contributed by atoms with Gasteiger partial charge in [0.25, 0.3) is 0 Å². The molecule has 0 aliphatic rings. The zero-order chi connectivity index (χ0) is 8.69. The number of rotatable bonds is 3. The average Bonchev–Trinajstić information content (AvgIpc) is 2.00. The second-order valence-corrected chi connectivity index (χ2v) is 2.56. The molecule has 0 rings (SSSR count). The summed E-state index contributed by atoms with van der Waals surface area (Å²) in [6, 6.07) is 0. The first-order valence-corrected chi connectivity index (χ1v) is 4.21. The summed E-state index contributed by atoms with van der Waals surface area (Å²) in [5.74, 6) is 0. The molecule has 0 aromatic rings. The van der Waals surface area contributed by atoms with E-state index in [4.69, 9.17) is 0 Å². The first-order chi connectivity index (χ1) is 5.26. The lowest BCUT2D eigenvalue weighted by Gasteiger charge is -1.99. The Bertz CT molecular complexity index is 180. The zero-order valence-electron chi connectivity index (χ0n) is 8.02. The number of allylic oxidation sites excluding steroid dienone is 6. The van der Waals surface area contributed by atoms with Gasteiger partial charge in [-0.2, -0.15) is 0 Å². The van der Waals surface area contributed by atoms with Crippen molar-refractivity contribution >= 4 is 0 Å². The SMILES string of the molecule is C\C=C/C(C)=C(\C=C/C)CC. The molecule has 0 radical (unpaired) electrons. The minimum absolute atomic E-state index is 1.11. The molecule has 0 amide bonds. The Hall–Kier alpha value is -0.780. The molecule has 0 fully saturated rings. The van der Waals surface area contributed by atoms with E-state index < -0.39 is 0 Å². The van der Waals surface area contributed by atoms with Gasteiger partial charge in [-0.05, 0) is 38.3 Å². The summed E-state index contributed by atoms with van der Waals surface area (Å²) < 4.78 is 0. The van der Waals surface area contributed by atoms with Gasteiger partial charge in [-0.1, -0.05) is 31.2 Å². The highest BCUT2D eigenvalue weighted by Crippen LogP contribution is 2.10. The van der Waals surface area contributed by atoms with E-state index >= 15 is 0 Å². The van der Waals surface area contributed by atoms with Crippen LogP contribution in [0.15, 0.2) is 35.5 Å². The van der Waals surface area contributed by atoms with E-state index in [-0.39, 0.29) is 0 Å². The Labute approximate surface area is 70.3 Å². The molecule has 0 saturated carbocycles. The average molecular weight is 150 g/mol. The van der Waals surface area contributed by atoms with Crippen molar-refractivity contribution in [1.82, 2.24) is 0 Å². The third-order valence-electron chi connectivity index (χ3n) is 1.67. The normalized spacial score (nSPS) is 14.5. The quantitative estimate of drug-likeness (QED) is 0.536. The second kappa shape index (κ2) is 5.96. The molecule has 0 unspecified atom stereocenters. The van der Waals surface area contributed by atoms with Gasteiger partial charge in [0, 0.05) is 0 Å². The van der Waals surface area contributed by atoms with Crippen molar-refractivity contribution in [2.45, 2.75) is 34.1 Å². The van der Waals surface area contributed by atoms with Crippen molar-refractivity contribution in [3.63, 3.8) is 0 Å². The van der Waals surface area contributed by atoms with Crippen molar-refractivity contribution in [3.05, 3.63) is 35.5 Å². The summed E-state index contributed by atoms with van der Waals surface area (Å²) in [4.78, 5) is 0. The molecule has 0 aliphatic heterocycles. The molecule has 0 aromatic heterocycles. The van der Waals surface area contributed by atoms with Crippen LogP contribution in [0.4, 0.5) is 0 Å². The minimum atomic E-state index is 1.11. The van der Waals surface area contributed by atoms with Gasteiger partial charge in [0.2, 0.25) is 0 Å². The van der Waals surface area contributed by atoms with Crippen LogP contribution < -0.4 is 0 Å². The van der Waals surface area contributed by atoms with Gasteiger partial charge in [0.15, 0.2) is 0 Å². The molecule has 0 bridgehead atoms. The standard InChI is InChI=1S/C11H18/c1-5-8-10(4)11(7-3)9-6-2/h5-6,8-9H,7H2,1-4H3/b8-5-,9-6-,11-10-. The van der Waals surface area contributed by atoms with Crippen LogP contribution in [0, 0.1) is 0 Å². The van der Waals surface area contributed by atoms with Crippen molar-refractivity contribution in [2.75, 3.05) is 0 Å². The Morgan fingerprint density at radius 2 is 1.64 bits per heavy atom. The first-order valence-electron chi connectivity index (χ1n) is 4.21. The Kier molecular flexibility index (Phi) is 5.54. The summed E-state index contributed by atoms with van der Waals surface area (Å²) in [5.41, 5.74) is 2.79. The maximum atomic E-state index is 2.18. The van der Waals surface area contributed by atoms with Gasteiger partial charge < -0.3 is 0 Å². The van der Waals surface area contributed by atoms with Crippen LogP contribution in [0.2, 0.25) is 0 Å². The molecule has 0 saturated heterocycles. The molecular weight excluding hydrogens is 132 g/mol. The summed E-state index contributed by atoms with van der Waals surface area (Å²) in [6.07, 6.45) is 9.61. The van der Waals surface area contributed by atoms with Gasteiger partial charge in [0.05, 0.1) is 0 Å². The molecule has 62 valence electrons. The summed E-state index contributed by atoms with van der Waals surface area (Å²) in [7, 11) is 0. The molecule has 0 nitrogen and oxygen atoms in total. The second-order valence-electron chi connectivity index (χ2n) is 2.56. The van der Waals surface area contributed by atoms with Crippen LogP contribution in [0.1, 0.15) is 34.1 Å². The minimum Gasteiger partial charge on any atom is -0.0874 e. The fourth-order valence-electron chi connectivity index (χ4n) is 1.09. The fraction of sp³-hybridized carbons (Fsp3) is 0.455. The van der Waals surface area contributed by atoms with Crippen LogP contribution in [0.25, 0.3) is 0 Å². The third kappa shape index (κ3) is 3.82. The molecule has 0 aliphatic carbocycles. The van der Waals surface area contributed by atoms with Crippen LogP contribution in [0.5, 0.6) is 0 Å². The lowest BCUT2D eigenvalue weighted by atomic mass is 10.1. The lowest BCUT2D eigenvalue weighted by Crippen LogP contribution is -1.79. The molecule has 0 heterocycles. The molecule has 0 N–H and O–H groups in total. The summed E-state index contributed by atoms with van der Waals surface area (Å²) >= 11 is 0. The van der Waals surface area contributed by atoms with E-state index in [0.29, 0.717) is 0 Å². The highest BCUT2D eigenvalue weighted by molar-refractivity contribution is 5.30. The highest BCUT2D eigenvalue weighted by Gasteiger charge is 1.90. The Morgan fingerprint density at radius 3 is 2.00 bits per heavy atom. The highest BCUT2D eigenvalue weighted by atomic mass is 14.0. The van der Waals surface area contributed by atoms with E-state index in [0.717, 1.165) is 6.42 Å². The molecule has 0 aromatic carbocycles. The van der Waals surface area contributed by atoms with E-state index in [2.05, 4.69) is 45.1 Å². The first kappa shape index (κ1) is 10.2. The van der Waals surface area contributed by atoms with Crippen molar-refractivity contribution in [3.8, 4) is 0 Å². The predicted octanol–water partition coefficient (Wildman–Crippen LogP) is 3.87. The maximum absolute atomic E-state index is 2.18. The van der Waals surface area contributed by atoms with Gasteiger partial charge in [-0.15, -0.1) is 0 Å². The van der Waals surface area contributed by atoms with Crippen LogP contribution in [-0.4, -0.2) is 0 Å². The Balaban J connectivity index is 4.52. The number of hydrogen-bond donors (Lipinski definition) is 0. The summed E-state index contributed by atoms with van der Waals surface area (Å²) in [6.45, 7) is 8.44. The largest absolute Gasteiger partial charge is 0.0874 e. The topological polar surface area (TPSA) is 0 Å². The van der Waals surface area contributed by atoms with E-state index in [1.165, 1.54) is 11.1 Å². The van der Waals surface area contributed by atoms with Gasteiger partial charge in [-0.25, -0.2) is 0 Å². The molecule has 0 spiro atoms. The monoisotopic (exact) mass is 150 g/mol. The molecule has 11 heavy (non-hydrogen) atoms. The Morgan fingerprint density at radius 1 is 1.09 bits per heavy atom. The van der Waals surface area contributed by atoms with Crippen LogP contribution >= 0.6 is 0 Å². The smallest absolute Gasteiger partial charge is 0.0305 e. The van der Waals surface area contributed by atoms with Crippen molar-refractivity contribution in [2.24, 2.45) is 0 Å². The van der Waals surface area contributed by atoms with E-state index in [1.54, 1.807) is 0 Å².